The number of benzene rings is 3. The lowest BCUT2D eigenvalue weighted by Gasteiger charge is -2.07. The lowest BCUT2D eigenvalue weighted by molar-refractivity contribution is -0.111. The number of rotatable bonds is 8. The number of anilines is 1. The Kier molecular flexibility index (Phi) is 8.64. The lowest BCUT2D eigenvalue weighted by Crippen LogP contribution is -2.32. The SMILES string of the molecule is CCOc1ccc(NC(=O)C(C#N)=c2sc(=Cc3cc(Cl)ccc3OCC)c(=O)n2-c2ccccc2)cc1. The van der Waals surface area contributed by atoms with Crippen LogP contribution in [0.3, 0.4) is 0 Å². The molecular formula is C29H24ClN3O4S. The van der Waals surface area contributed by atoms with E-state index in [1.165, 1.54) is 4.57 Å². The molecule has 0 spiro atoms. The number of carbonyl (C=O) groups is 1. The number of ether oxygens (including phenoxy) is 2. The van der Waals surface area contributed by atoms with Crippen LogP contribution in [0.5, 0.6) is 11.5 Å². The second-order valence-electron chi connectivity index (χ2n) is 7.91. The molecule has 4 rings (SSSR count). The summed E-state index contributed by atoms with van der Waals surface area (Å²) >= 11 is 7.26. The molecule has 0 saturated heterocycles. The van der Waals surface area contributed by atoms with Crippen molar-refractivity contribution in [2.24, 2.45) is 0 Å². The zero-order valence-electron chi connectivity index (χ0n) is 20.7. The van der Waals surface area contributed by atoms with Crippen molar-refractivity contribution in [3.63, 3.8) is 0 Å². The molecule has 0 atom stereocenters. The molecular weight excluding hydrogens is 522 g/mol. The number of para-hydroxylation sites is 1. The Balaban J connectivity index is 1.90. The average Bonchev–Trinajstić information content (AvgIpc) is 3.23. The number of hydrogen-bond donors (Lipinski definition) is 1. The minimum absolute atomic E-state index is 0.194. The van der Waals surface area contributed by atoms with Crippen molar-refractivity contribution < 1.29 is 14.3 Å². The summed E-state index contributed by atoms with van der Waals surface area (Å²) in [6.07, 6.45) is 1.66. The predicted molar refractivity (Wildman–Crippen MR) is 151 cm³/mol. The Morgan fingerprint density at radius 2 is 1.76 bits per heavy atom. The third-order valence-electron chi connectivity index (χ3n) is 5.37. The van der Waals surface area contributed by atoms with E-state index in [-0.39, 0.29) is 15.8 Å². The average molecular weight is 546 g/mol. The van der Waals surface area contributed by atoms with Crippen molar-refractivity contribution in [2.45, 2.75) is 13.8 Å². The van der Waals surface area contributed by atoms with Gasteiger partial charge in [-0.25, -0.2) is 0 Å². The number of nitriles is 1. The smallest absolute Gasteiger partial charge is 0.273 e. The number of hydrogen-bond acceptors (Lipinski definition) is 6. The van der Waals surface area contributed by atoms with E-state index in [1.807, 2.05) is 26.0 Å². The summed E-state index contributed by atoms with van der Waals surface area (Å²) in [6, 6.07) is 22.8. The summed E-state index contributed by atoms with van der Waals surface area (Å²) < 4.78 is 13.0. The van der Waals surface area contributed by atoms with E-state index in [1.54, 1.807) is 72.8 Å². The van der Waals surface area contributed by atoms with Gasteiger partial charge in [0.15, 0.2) is 5.57 Å². The van der Waals surface area contributed by atoms with Crippen LogP contribution < -0.4 is 29.5 Å². The van der Waals surface area contributed by atoms with E-state index < -0.39 is 5.91 Å². The molecule has 3 aromatic carbocycles. The molecule has 0 aliphatic heterocycles. The van der Waals surface area contributed by atoms with E-state index in [0.717, 1.165) is 11.3 Å². The minimum atomic E-state index is -0.632. The molecule has 38 heavy (non-hydrogen) atoms. The molecule has 4 aromatic rings. The molecule has 9 heteroatoms. The number of carbonyl (C=O) groups excluding carboxylic acids is 1. The van der Waals surface area contributed by atoms with Gasteiger partial charge in [0, 0.05) is 16.3 Å². The van der Waals surface area contributed by atoms with Crippen LogP contribution in [0, 0.1) is 11.3 Å². The molecule has 1 amide bonds. The number of halogens is 1. The summed E-state index contributed by atoms with van der Waals surface area (Å²) in [5.41, 5.74) is 1.06. The van der Waals surface area contributed by atoms with Gasteiger partial charge in [0.05, 0.1) is 23.4 Å². The minimum Gasteiger partial charge on any atom is -0.494 e. The molecule has 1 aromatic heterocycles. The monoisotopic (exact) mass is 545 g/mol. The maximum Gasteiger partial charge on any atom is 0.273 e. The van der Waals surface area contributed by atoms with Crippen molar-refractivity contribution in [1.82, 2.24) is 4.57 Å². The molecule has 0 aliphatic rings. The molecule has 192 valence electrons. The Morgan fingerprint density at radius 3 is 2.42 bits per heavy atom. The Morgan fingerprint density at radius 1 is 1.05 bits per heavy atom. The maximum absolute atomic E-state index is 13.6. The fraction of sp³-hybridized carbons (Fsp3) is 0.138. The van der Waals surface area contributed by atoms with Crippen LogP contribution in [0.15, 0.2) is 77.6 Å². The first-order valence-electron chi connectivity index (χ1n) is 11.8. The Hall–Kier alpha value is -4.32. The van der Waals surface area contributed by atoms with Gasteiger partial charge in [0.1, 0.15) is 22.2 Å². The Labute approximate surface area is 228 Å². The number of aromatic nitrogens is 1. The summed E-state index contributed by atoms with van der Waals surface area (Å²) in [7, 11) is 0. The Bertz CT molecular complexity index is 1670. The lowest BCUT2D eigenvalue weighted by atomic mass is 10.2. The highest BCUT2D eigenvalue weighted by atomic mass is 35.5. The van der Waals surface area contributed by atoms with Gasteiger partial charge in [-0.1, -0.05) is 29.8 Å². The van der Waals surface area contributed by atoms with Crippen LogP contribution in [-0.4, -0.2) is 23.7 Å². The van der Waals surface area contributed by atoms with Crippen LogP contribution in [0.2, 0.25) is 5.02 Å². The quantitative estimate of drug-likeness (QED) is 0.352. The highest BCUT2D eigenvalue weighted by Crippen LogP contribution is 2.23. The molecule has 0 aliphatic carbocycles. The topological polar surface area (TPSA) is 93.3 Å². The zero-order chi connectivity index (χ0) is 27.1. The molecule has 0 unspecified atom stereocenters. The standard InChI is InChI=1S/C29H24ClN3O4S/c1-3-36-23-13-11-21(12-14-23)32-27(34)24(18-31)29-33(22-8-6-5-7-9-22)28(35)26(38-29)17-19-16-20(30)10-15-25(19)37-4-2/h5-17H,3-4H2,1-2H3,(H,32,34). The number of nitrogens with zero attached hydrogens (tertiary/aromatic N) is 2. The molecule has 0 radical (unpaired) electrons. The van der Waals surface area contributed by atoms with Gasteiger partial charge in [-0.15, -0.1) is 11.3 Å². The van der Waals surface area contributed by atoms with Gasteiger partial charge in [0.2, 0.25) is 0 Å². The van der Waals surface area contributed by atoms with Crippen molar-refractivity contribution in [3.05, 3.63) is 103 Å². The van der Waals surface area contributed by atoms with Crippen molar-refractivity contribution in [1.29, 1.82) is 5.26 Å². The summed E-state index contributed by atoms with van der Waals surface area (Å²) in [4.78, 5) is 26.9. The van der Waals surface area contributed by atoms with Crippen LogP contribution >= 0.6 is 22.9 Å². The fourth-order valence-electron chi connectivity index (χ4n) is 3.71. The van der Waals surface area contributed by atoms with Crippen molar-refractivity contribution >= 4 is 46.2 Å². The molecule has 1 heterocycles. The van der Waals surface area contributed by atoms with E-state index in [0.29, 0.717) is 51.2 Å². The van der Waals surface area contributed by atoms with Gasteiger partial charge in [-0.05, 0) is 74.5 Å². The summed E-state index contributed by atoms with van der Waals surface area (Å²) in [5, 5.41) is 13.3. The van der Waals surface area contributed by atoms with Gasteiger partial charge in [0.25, 0.3) is 11.5 Å². The van der Waals surface area contributed by atoms with Crippen LogP contribution in [-0.2, 0) is 4.79 Å². The van der Waals surface area contributed by atoms with E-state index in [2.05, 4.69) is 5.32 Å². The van der Waals surface area contributed by atoms with E-state index in [9.17, 15) is 14.9 Å². The van der Waals surface area contributed by atoms with Crippen LogP contribution in [0.25, 0.3) is 17.3 Å². The predicted octanol–water partition coefficient (Wildman–Crippen LogP) is 4.49. The first kappa shape index (κ1) is 26.7. The number of thiazole rings is 1. The maximum atomic E-state index is 13.6. The van der Waals surface area contributed by atoms with Crippen molar-refractivity contribution in [3.8, 4) is 23.3 Å². The van der Waals surface area contributed by atoms with Gasteiger partial charge >= 0.3 is 0 Å². The second kappa shape index (κ2) is 12.3. The number of amides is 1. The fourth-order valence-corrected chi connectivity index (χ4v) is 4.99. The van der Waals surface area contributed by atoms with Crippen LogP contribution in [0.4, 0.5) is 5.69 Å². The molecule has 1 N–H and O–H groups in total. The van der Waals surface area contributed by atoms with E-state index >= 15 is 0 Å². The molecule has 7 nitrogen and oxygen atoms in total. The third kappa shape index (κ3) is 5.97. The first-order chi connectivity index (χ1) is 18.4. The normalized spacial score (nSPS) is 12.0. The molecule has 0 fully saturated rings. The summed E-state index contributed by atoms with van der Waals surface area (Å²) in [6.45, 7) is 4.70. The van der Waals surface area contributed by atoms with E-state index in [4.69, 9.17) is 21.1 Å². The molecule has 0 saturated carbocycles. The van der Waals surface area contributed by atoms with Gasteiger partial charge in [-0.3, -0.25) is 14.2 Å². The zero-order valence-corrected chi connectivity index (χ0v) is 22.3. The van der Waals surface area contributed by atoms with Crippen LogP contribution in [0.1, 0.15) is 19.4 Å². The van der Waals surface area contributed by atoms with Gasteiger partial charge < -0.3 is 14.8 Å². The molecule has 0 bridgehead atoms. The highest BCUT2D eigenvalue weighted by molar-refractivity contribution is 7.07. The summed E-state index contributed by atoms with van der Waals surface area (Å²) in [5.74, 6) is 0.598. The third-order valence-corrected chi connectivity index (χ3v) is 6.70. The first-order valence-corrected chi connectivity index (χ1v) is 13.0. The van der Waals surface area contributed by atoms with Crippen molar-refractivity contribution in [2.75, 3.05) is 18.5 Å². The largest absolute Gasteiger partial charge is 0.494 e. The number of nitrogens with one attached hydrogen (secondary N) is 1. The second-order valence-corrected chi connectivity index (χ2v) is 9.37. The highest BCUT2D eigenvalue weighted by Gasteiger charge is 2.18. The van der Waals surface area contributed by atoms with Gasteiger partial charge in [-0.2, -0.15) is 5.26 Å².